The lowest BCUT2D eigenvalue weighted by molar-refractivity contribution is -0.121. The molecule has 1 aromatic heterocycles. The molecule has 0 unspecified atom stereocenters. The van der Waals surface area contributed by atoms with Crippen molar-refractivity contribution in [3.8, 4) is 0 Å². The zero-order chi connectivity index (χ0) is 13.5. The van der Waals surface area contributed by atoms with Gasteiger partial charge in [0.25, 0.3) is 0 Å². The van der Waals surface area contributed by atoms with Crippen LogP contribution in [0, 0.1) is 5.92 Å². The number of nitrogens with zero attached hydrogens (tertiary/aromatic N) is 1. The Kier molecular flexibility index (Phi) is 5.79. The Morgan fingerprint density at radius 1 is 1.53 bits per heavy atom. The first-order valence-electron chi connectivity index (χ1n) is 7.18. The normalized spacial score (nSPS) is 16.5. The van der Waals surface area contributed by atoms with Crippen LogP contribution in [0.2, 0.25) is 0 Å². The number of carbonyl (C=O) groups excluding carboxylic acids is 1. The first-order chi connectivity index (χ1) is 9.28. The van der Waals surface area contributed by atoms with E-state index in [1.807, 2.05) is 5.38 Å². The molecule has 1 aliphatic heterocycles. The number of aryl methyl sites for hydroxylation is 1. The van der Waals surface area contributed by atoms with E-state index in [1.54, 1.807) is 11.3 Å². The number of rotatable bonds is 6. The lowest BCUT2D eigenvalue weighted by Crippen LogP contribution is -2.29. The highest BCUT2D eigenvalue weighted by molar-refractivity contribution is 7.09. The Labute approximate surface area is 119 Å². The summed E-state index contributed by atoms with van der Waals surface area (Å²) in [6, 6.07) is 0. The highest BCUT2D eigenvalue weighted by Crippen LogP contribution is 2.17. The molecule has 0 bridgehead atoms. The molecule has 0 aliphatic carbocycles. The summed E-state index contributed by atoms with van der Waals surface area (Å²) in [5.74, 6) is 0.877. The molecular formula is C14H23N3OS. The van der Waals surface area contributed by atoms with Gasteiger partial charge in [0, 0.05) is 11.8 Å². The second-order valence-corrected chi connectivity index (χ2v) is 6.04. The molecule has 1 aromatic rings. The van der Waals surface area contributed by atoms with Gasteiger partial charge in [-0.2, -0.15) is 0 Å². The summed E-state index contributed by atoms with van der Waals surface area (Å²) in [6.07, 6.45) is 5.05. The maximum absolute atomic E-state index is 11.8. The van der Waals surface area contributed by atoms with Gasteiger partial charge in [0.1, 0.15) is 0 Å². The summed E-state index contributed by atoms with van der Waals surface area (Å²) in [5.41, 5.74) is 0.983. The second-order valence-electron chi connectivity index (χ2n) is 5.09. The average Bonchev–Trinajstić information content (AvgIpc) is 2.92. The molecule has 0 aromatic carbocycles. The smallest absolute Gasteiger partial charge is 0.220 e. The van der Waals surface area contributed by atoms with E-state index < -0.39 is 0 Å². The molecule has 0 radical (unpaired) electrons. The quantitative estimate of drug-likeness (QED) is 0.839. The van der Waals surface area contributed by atoms with E-state index in [-0.39, 0.29) is 5.91 Å². The van der Waals surface area contributed by atoms with E-state index >= 15 is 0 Å². The van der Waals surface area contributed by atoms with Crippen molar-refractivity contribution in [2.24, 2.45) is 5.92 Å². The minimum atomic E-state index is 0.157. The highest BCUT2D eigenvalue weighted by atomic mass is 32.1. The van der Waals surface area contributed by atoms with Crippen molar-refractivity contribution >= 4 is 17.2 Å². The average molecular weight is 281 g/mol. The van der Waals surface area contributed by atoms with Gasteiger partial charge in [-0.15, -0.1) is 11.3 Å². The van der Waals surface area contributed by atoms with Gasteiger partial charge < -0.3 is 10.6 Å². The molecule has 1 amide bonds. The van der Waals surface area contributed by atoms with Gasteiger partial charge in [-0.25, -0.2) is 4.98 Å². The Morgan fingerprint density at radius 3 is 3.00 bits per heavy atom. The summed E-state index contributed by atoms with van der Waals surface area (Å²) in [5, 5.41) is 9.49. The fourth-order valence-corrected chi connectivity index (χ4v) is 3.12. The zero-order valence-corrected chi connectivity index (χ0v) is 12.4. The summed E-state index contributed by atoms with van der Waals surface area (Å²) in [6.45, 7) is 4.87. The van der Waals surface area contributed by atoms with Crippen molar-refractivity contribution in [2.45, 2.75) is 45.6 Å². The minimum absolute atomic E-state index is 0.157. The van der Waals surface area contributed by atoms with Crippen LogP contribution in [-0.2, 0) is 17.8 Å². The van der Waals surface area contributed by atoms with Crippen LogP contribution in [0.25, 0.3) is 0 Å². The number of piperidine rings is 1. The van der Waals surface area contributed by atoms with Crippen LogP contribution in [-0.4, -0.2) is 24.0 Å². The topological polar surface area (TPSA) is 54.0 Å². The summed E-state index contributed by atoms with van der Waals surface area (Å²) < 4.78 is 0. The number of aromatic nitrogens is 1. The minimum Gasteiger partial charge on any atom is -0.350 e. The molecule has 1 saturated heterocycles. The standard InChI is InChI=1S/C14H23N3OS/c1-2-14-17-12(10-19-14)9-16-13(18)4-3-11-5-7-15-8-6-11/h10-11,15H,2-9H2,1H3,(H,16,18). The molecule has 2 rings (SSSR count). The van der Waals surface area contributed by atoms with Crippen LogP contribution in [0.3, 0.4) is 0 Å². The number of thiazole rings is 1. The Morgan fingerprint density at radius 2 is 2.32 bits per heavy atom. The monoisotopic (exact) mass is 281 g/mol. The highest BCUT2D eigenvalue weighted by Gasteiger charge is 2.14. The molecule has 19 heavy (non-hydrogen) atoms. The van der Waals surface area contributed by atoms with Gasteiger partial charge in [0.2, 0.25) is 5.91 Å². The van der Waals surface area contributed by atoms with Gasteiger partial charge in [0.15, 0.2) is 0 Å². The first-order valence-corrected chi connectivity index (χ1v) is 8.06. The molecule has 1 aliphatic rings. The molecule has 0 spiro atoms. The second kappa shape index (κ2) is 7.60. The molecule has 2 heterocycles. The fourth-order valence-electron chi connectivity index (χ4n) is 2.38. The molecule has 0 saturated carbocycles. The van der Waals surface area contributed by atoms with E-state index in [0.29, 0.717) is 13.0 Å². The van der Waals surface area contributed by atoms with Crippen molar-refractivity contribution in [3.05, 3.63) is 16.1 Å². The van der Waals surface area contributed by atoms with Crippen molar-refractivity contribution in [1.82, 2.24) is 15.6 Å². The maximum Gasteiger partial charge on any atom is 0.220 e. The number of carbonyl (C=O) groups is 1. The molecule has 4 nitrogen and oxygen atoms in total. The molecule has 2 N–H and O–H groups in total. The number of amides is 1. The Balaban J connectivity index is 1.63. The molecular weight excluding hydrogens is 258 g/mol. The van der Waals surface area contributed by atoms with Gasteiger partial charge in [-0.05, 0) is 44.7 Å². The summed E-state index contributed by atoms with van der Waals surface area (Å²) in [4.78, 5) is 16.2. The van der Waals surface area contributed by atoms with E-state index in [1.165, 1.54) is 12.8 Å². The third-order valence-corrected chi connectivity index (χ3v) is 4.65. The van der Waals surface area contributed by atoms with E-state index in [9.17, 15) is 4.79 Å². The lowest BCUT2D eigenvalue weighted by atomic mass is 9.93. The number of hydrogen-bond acceptors (Lipinski definition) is 4. The van der Waals surface area contributed by atoms with Gasteiger partial charge in [-0.1, -0.05) is 6.92 Å². The van der Waals surface area contributed by atoms with Crippen molar-refractivity contribution in [1.29, 1.82) is 0 Å². The number of hydrogen-bond donors (Lipinski definition) is 2. The molecule has 1 fully saturated rings. The predicted molar refractivity (Wildman–Crippen MR) is 78.2 cm³/mol. The van der Waals surface area contributed by atoms with E-state index in [0.717, 1.165) is 42.6 Å². The maximum atomic E-state index is 11.8. The predicted octanol–water partition coefficient (Wildman–Crippen LogP) is 2.10. The summed E-state index contributed by atoms with van der Waals surface area (Å²) in [7, 11) is 0. The third kappa shape index (κ3) is 4.91. The zero-order valence-electron chi connectivity index (χ0n) is 11.6. The summed E-state index contributed by atoms with van der Waals surface area (Å²) >= 11 is 1.67. The third-order valence-electron chi connectivity index (χ3n) is 3.61. The van der Waals surface area contributed by atoms with Crippen molar-refractivity contribution in [3.63, 3.8) is 0 Å². The first kappa shape index (κ1) is 14.5. The van der Waals surface area contributed by atoms with Gasteiger partial charge >= 0.3 is 0 Å². The van der Waals surface area contributed by atoms with Crippen molar-refractivity contribution in [2.75, 3.05) is 13.1 Å². The van der Waals surface area contributed by atoms with Crippen LogP contribution in [0.5, 0.6) is 0 Å². The van der Waals surface area contributed by atoms with Crippen LogP contribution < -0.4 is 10.6 Å². The van der Waals surface area contributed by atoms with Crippen LogP contribution in [0.4, 0.5) is 0 Å². The SMILES string of the molecule is CCc1nc(CNC(=O)CCC2CCNCC2)cs1. The molecule has 5 heteroatoms. The largest absolute Gasteiger partial charge is 0.350 e. The number of nitrogens with one attached hydrogen (secondary N) is 2. The van der Waals surface area contributed by atoms with Crippen LogP contribution in [0.15, 0.2) is 5.38 Å². The van der Waals surface area contributed by atoms with Gasteiger partial charge in [0.05, 0.1) is 17.2 Å². The fraction of sp³-hybridized carbons (Fsp3) is 0.714. The van der Waals surface area contributed by atoms with Crippen LogP contribution >= 0.6 is 11.3 Å². The molecule has 0 atom stereocenters. The van der Waals surface area contributed by atoms with E-state index in [4.69, 9.17) is 0 Å². The lowest BCUT2D eigenvalue weighted by Gasteiger charge is -2.22. The van der Waals surface area contributed by atoms with Gasteiger partial charge in [-0.3, -0.25) is 4.79 Å². The Bertz CT molecular complexity index is 399. The molecule has 106 valence electrons. The van der Waals surface area contributed by atoms with E-state index in [2.05, 4.69) is 22.5 Å². The van der Waals surface area contributed by atoms with Crippen molar-refractivity contribution < 1.29 is 4.79 Å². The Hall–Kier alpha value is -0.940. The van der Waals surface area contributed by atoms with Crippen LogP contribution in [0.1, 0.15) is 43.3 Å².